The number of hydrogen-bond donors (Lipinski definition) is 0. The molecule has 124 valence electrons. The fourth-order valence-corrected chi connectivity index (χ4v) is 2.93. The Morgan fingerprint density at radius 3 is 2.71 bits per heavy atom. The van der Waals surface area contributed by atoms with Crippen LogP contribution in [0.25, 0.3) is 5.65 Å². The smallest absolute Gasteiger partial charge is 0.178 e. The van der Waals surface area contributed by atoms with Gasteiger partial charge in [-0.3, -0.25) is 14.9 Å². The fourth-order valence-electron chi connectivity index (χ4n) is 2.93. The van der Waals surface area contributed by atoms with Crippen molar-refractivity contribution in [2.45, 2.75) is 26.4 Å². The van der Waals surface area contributed by atoms with E-state index in [0.717, 1.165) is 48.3 Å². The summed E-state index contributed by atoms with van der Waals surface area (Å²) < 4.78 is 1.79. The first-order chi connectivity index (χ1) is 11.6. The molecule has 0 radical (unpaired) electrons. The average Bonchev–Trinajstić information content (AvgIpc) is 2.89. The quantitative estimate of drug-likeness (QED) is 0.704. The number of hydrogen-bond acceptors (Lipinski definition) is 7. The molecule has 0 amide bonds. The van der Waals surface area contributed by atoms with Crippen LogP contribution in [0, 0.1) is 13.8 Å². The SMILES string of the molecule is Cc1nccnc1CN(C)C1CN(c2ccc3nnc(C)n3n2)C1. The van der Waals surface area contributed by atoms with Crippen molar-refractivity contribution < 1.29 is 0 Å². The summed E-state index contributed by atoms with van der Waals surface area (Å²) in [4.78, 5) is 13.3. The predicted molar refractivity (Wildman–Crippen MR) is 89.8 cm³/mol. The molecule has 0 spiro atoms. The van der Waals surface area contributed by atoms with Crippen LogP contribution < -0.4 is 4.90 Å². The third-order valence-electron chi connectivity index (χ3n) is 4.60. The second-order valence-electron chi connectivity index (χ2n) is 6.27. The van der Waals surface area contributed by atoms with Gasteiger partial charge in [0.2, 0.25) is 0 Å². The highest BCUT2D eigenvalue weighted by Crippen LogP contribution is 2.22. The standard InChI is InChI=1S/C16H20N8/c1-11-14(18-7-6-17-11)10-22(3)13-8-23(9-13)16-5-4-15-20-19-12(2)24(15)21-16/h4-7,13H,8-10H2,1-3H3. The highest BCUT2D eigenvalue weighted by molar-refractivity contribution is 5.47. The Labute approximate surface area is 140 Å². The lowest BCUT2D eigenvalue weighted by Crippen LogP contribution is -2.58. The molecular weight excluding hydrogens is 304 g/mol. The Bertz CT molecular complexity index is 867. The molecule has 8 heteroatoms. The Balaban J connectivity index is 1.41. The number of nitrogens with zero attached hydrogens (tertiary/aromatic N) is 8. The monoisotopic (exact) mass is 324 g/mol. The van der Waals surface area contributed by atoms with Crippen LogP contribution in [0.3, 0.4) is 0 Å². The summed E-state index contributed by atoms with van der Waals surface area (Å²) in [5, 5.41) is 12.7. The van der Waals surface area contributed by atoms with Crippen molar-refractivity contribution in [2.75, 3.05) is 25.0 Å². The van der Waals surface area contributed by atoms with Gasteiger partial charge in [0, 0.05) is 38.1 Å². The van der Waals surface area contributed by atoms with Crippen molar-refractivity contribution in [1.29, 1.82) is 0 Å². The van der Waals surface area contributed by atoms with Crippen LogP contribution in [0.5, 0.6) is 0 Å². The molecule has 3 aromatic heterocycles. The first kappa shape index (κ1) is 14.9. The molecule has 0 aromatic carbocycles. The van der Waals surface area contributed by atoms with Crippen LogP contribution in [0.2, 0.25) is 0 Å². The summed E-state index contributed by atoms with van der Waals surface area (Å²) in [6.07, 6.45) is 3.49. The molecule has 24 heavy (non-hydrogen) atoms. The molecule has 0 saturated carbocycles. The van der Waals surface area contributed by atoms with Gasteiger partial charge in [0.15, 0.2) is 11.5 Å². The maximum atomic E-state index is 4.63. The molecule has 0 N–H and O–H groups in total. The van der Waals surface area contributed by atoms with Gasteiger partial charge >= 0.3 is 0 Å². The third-order valence-corrected chi connectivity index (χ3v) is 4.60. The van der Waals surface area contributed by atoms with E-state index in [4.69, 9.17) is 0 Å². The molecule has 4 heterocycles. The van der Waals surface area contributed by atoms with Crippen LogP contribution in [0.1, 0.15) is 17.2 Å². The summed E-state index contributed by atoms with van der Waals surface area (Å²) in [6.45, 7) is 6.64. The summed E-state index contributed by atoms with van der Waals surface area (Å²) in [5.74, 6) is 1.77. The Kier molecular flexibility index (Phi) is 3.61. The van der Waals surface area contributed by atoms with E-state index in [9.17, 15) is 0 Å². The van der Waals surface area contributed by atoms with E-state index in [1.165, 1.54) is 0 Å². The average molecular weight is 324 g/mol. The maximum Gasteiger partial charge on any atom is 0.178 e. The minimum Gasteiger partial charge on any atom is -0.352 e. The van der Waals surface area contributed by atoms with Crippen molar-refractivity contribution in [2.24, 2.45) is 0 Å². The molecule has 0 atom stereocenters. The molecule has 3 aromatic rings. The van der Waals surface area contributed by atoms with Crippen LogP contribution in [-0.4, -0.2) is 60.9 Å². The fraction of sp³-hybridized carbons (Fsp3) is 0.438. The number of likely N-dealkylation sites (N-methyl/N-ethyl adjacent to an activating group) is 1. The van der Waals surface area contributed by atoms with Crippen LogP contribution >= 0.6 is 0 Å². The maximum absolute atomic E-state index is 4.63. The number of aromatic nitrogens is 6. The second kappa shape index (κ2) is 5.79. The largest absolute Gasteiger partial charge is 0.352 e. The van der Waals surface area contributed by atoms with Crippen molar-refractivity contribution in [3.63, 3.8) is 0 Å². The number of fused-ring (bicyclic) bond motifs is 1. The third kappa shape index (κ3) is 2.58. The lowest BCUT2D eigenvalue weighted by atomic mass is 10.1. The molecule has 4 rings (SSSR count). The second-order valence-corrected chi connectivity index (χ2v) is 6.27. The molecule has 1 aliphatic rings. The zero-order chi connectivity index (χ0) is 16.7. The molecule has 0 bridgehead atoms. The molecule has 8 nitrogen and oxygen atoms in total. The van der Waals surface area contributed by atoms with E-state index in [1.807, 2.05) is 26.0 Å². The van der Waals surface area contributed by atoms with E-state index in [-0.39, 0.29) is 0 Å². The lowest BCUT2D eigenvalue weighted by molar-refractivity contribution is 0.194. The van der Waals surface area contributed by atoms with Gasteiger partial charge in [0.05, 0.1) is 11.4 Å². The molecule has 1 aliphatic heterocycles. The molecule has 0 unspecified atom stereocenters. The van der Waals surface area contributed by atoms with Gasteiger partial charge in [-0.15, -0.1) is 15.3 Å². The van der Waals surface area contributed by atoms with Gasteiger partial charge in [-0.25, -0.2) is 0 Å². The Morgan fingerprint density at radius 1 is 1.12 bits per heavy atom. The summed E-state index contributed by atoms with van der Waals surface area (Å²) in [6, 6.07) is 4.46. The number of rotatable bonds is 4. The van der Waals surface area contributed by atoms with Crippen molar-refractivity contribution in [3.05, 3.63) is 41.7 Å². The van der Waals surface area contributed by atoms with Gasteiger partial charge in [-0.05, 0) is 33.0 Å². The van der Waals surface area contributed by atoms with Crippen LogP contribution in [-0.2, 0) is 6.54 Å². The zero-order valence-corrected chi connectivity index (χ0v) is 14.1. The van der Waals surface area contributed by atoms with E-state index in [1.54, 1.807) is 16.9 Å². The first-order valence-electron chi connectivity index (χ1n) is 8.02. The lowest BCUT2D eigenvalue weighted by Gasteiger charge is -2.44. The molecule has 1 fully saturated rings. The van der Waals surface area contributed by atoms with E-state index >= 15 is 0 Å². The van der Waals surface area contributed by atoms with Gasteiger partial charge in [0.1, 0.15) is 5.82 Å². The summed E-state index contributed by atoms with van der Waals surface area (Å²) >= 11 is 0. The Hall–Kier alpha value is -2.61. The molecule has 1 saturated heterocycles. The highest BCUT2D eigenvalue weighted by Gasteiger charge is 2.31. The summed E-state index contributed by atoms with van der Waals surface area (Å²) in [5.41, 5.74) is 2.82. The van der Waals surface area contributed by atoms with Crippen molar-refractivity contribution in [1.82, 2.24) is 34.7 Å². The molecule has 0 aliphatic carbocycles. The minimum atomic E-state index is 0.492. The predicted octanol–water partition coefficient (Wildman–Crippen LogP) is 0.852. The van der Waals surface area contributed by atoms with Gasteiger partial charge in [-0.1, -0.05) is 0 Å². The summed E-state index contributed by atoms with van der Waals surface area (Å²) in [7, 11) is 2.14. The van der Waals surface area contributed by atoms with Crippen LogP contribution in [0.15, 0.2) is 24.5 Å². The van der Waals surface area contributed by atoms with E-state index < -0.39 is 0 Å². The van der Waals surface area contributed by atoms with E-state index in [2.05, 4.69) is 42.1 Å². The van der Waals surface area contributed by atoms with E-state index in [0.29, 0.717) is 6.04 Å². The number of anilines is 1. The zero-order valence-electron chi connectivity index (χ0n) is 14.1. The first-order valence-corrected chi connectivity index (χ1v) is 8.02. The normalized spacial score (nSPS) is 15.2. The topological polar surface area (TPSA) is 75.3 Å². The minimum absolute atomic E-state index is 0.492. The van der Waals surface area contributed by atoms with Crippen molar-refractivity contribution >= 4 is 11.5 Å². The van der Waals surface area contributed by atoms with Gasteiger partial charge in [-0.2, -0.15) is 4.52 Å². The van der Waals surface area contributed by atoms with Crippen molar-refractivity contribution in [3.8, 4) is 0 Å². The Morgan fingerprint density at radius 2 is 1.92 bits per heavy atom. The highest BCUT2D eigenvalue weighted by atomic mass is 15.4. The van der Waals surface area contributed by atoms with Gasteiger partial charge in [0.25, 0.3) is 0 Å². The molecular formula is C16H20N8. The number of aryl methyl sites for hydroxylation is 2. The van der Waals surface area contributed by atoms with Crippen LogP contribution in [0.4, 0.5) is 5.82 Å². The van der Waals surface area contributed by atoms with Gasteiger partial charge < -0.3 is 4.90 Å².